The van der Waals surface area contributed by atoms with Crippen molar-refractivity contribution in [2.45, 2.75) is 57.5 Å². The van der Waals surface area contributed by atoms with Crippen molar-refractivity contribution in [2.24, 2.45) is 5.92 Å². The van der Waals surface area contributed by atoms with Gasteiger partial charge in [-0.2, -0.15) is 0 Å². The number of rotatable bonds is 6. The van der Waals surface area contributed by atoms with E-state index in [1.165, 1.54) is 0 Å². The number of aliphatic carboxylic acids is 1. The summed E-state index contributed by atoms with van der Waals surface area (Å²) in [6.45, 7) is 7.16. The first-order valence-electron chi connectivity index (χ1n) is 7.92. The van der Waals surface area contributed by atoms with E-state index >= 15 is 0 Å². The summed E-state index contributed by atoms with van der Waals surface area (Å²) in [6.07, 6.45) is 3.64. The monoisotopic (exact) mass is 297 g/mol. The lowest BCUT2D eigenvalue weighted by Crippen LogP contribution is -2.57. The number of urea groups is 1. The molecule has 1 saturated carbocycles. The Labute approximate surface area is 126 Å². The van der Waals surface area contributed by atoms with Crippen molar-refractivity contribution in [2.75, 3.05) is 19.6 Å². The highest BCUT2D eigenvalue weighted by Crippen LogP contribution is 2.34. The molecule has 1 saturated heterocycles. The van der Waals surface area contributed by atoms with Gasteiger partial charge in [-0.15, -0.1) is 0 Å². The zero-order valence-corrected chi connectivity index (χ0v) is 13.0. The average molecular weight is 297 g/mol. The summed E-state index contributed by atoms with van der Waals surface area (Å²) in [7, 11) is 0. The van der Waals surface area contributed by atoms with Gasteiger partial charge in [0.2, 0.25) is 0 Å². The number of likely N-dealkylation sites (tertiary alicyclic amines) is 1. The predicted octanol–water partition coefficient (Wildman–Crippen LogP) is 1.41. The van der Waals surface area contributed by atoms with E-state index in [1.54, 1.807) is 0 Å². The lowest BCUT2D eigenvalue weighted by Gasteiger charge is -2.41. The van der Waals surface area contributed by atoms with Gasteiger partial charge in [0.25, 0.3) is 0 Å². The van der Waals surface area contributed by atoms with Crippen LogP contribution in [-0.2, 0) is 4.79 Å². The van der Waals surface area contributed by atoms with Gasteiger partial charge in [0.05, 0.1) is 12.0 Å². The Morgan fingerprint density at radius 3 is 2.57 bits per heavy atom. The van der Waals surface area contributed by atoms with E-state index in [-0.39, 0.29) is 12.5 Å². The zero-order valence-electron chi connectivity index (χ0n) is 13.0. The zero-order chi connectivity index (χ0) is 15.5. The fourth-order valence-corrected chi connectivity index (χ4v) is 3.26. The molecule has 120 valence electrons. The van der Waals surface area contributed by atoms with Gasteiger partial charge in [-0.1, -0.05) is 0 Å². The van der Waals surface area contributed by atoms with Gasteiger partial charge in [-0.25, -0.2) is 4.79 Å². The van der Waals surface area contributed by atoms with Crippen molar-refractivity contribution >= 4 is 12.0 Å². The first kappa shape index (κ1) is 16.1. The van der Waals surface area contributed by atoms with Crippen molar-refractivity contribution in [1.29, 1.82) is 0 Å². The van der Waals surface area contributed by atoms with Gasteiger partial charge in [0, 0.05) is 19.1 Å². The Hall–Kier alpha value is -1.30. The number of hydrogen-bond acceptors (Lipinski definition) is 3. The van der Waals surface area contributed by atoms with E-state index in [1.807, 2.05) is 0 Å². The highest BCUT2D eigenvalue weighted by molar-refractivity contribution is 5.77. The number of carbonyl (C=O) groups is 2. The van der Waals surface area contributed by atoms with Gasteiger partial charge in [-0.05, 0) is 52.0 Å². The van der Waals surface area contributed by atoms with Crippen molar-refractivity contribution in [3.8, 4) is 0 Å². The highest BCUT2D eigenvalue weighted by atomic mass is 16.4. The molecule has 1 aliphatic heterocycles. The minimum absolute atomic E-state index is 0.0188. The van der Waals surface area contributed by atoms with Crippen LogP contribution >= 0.6 is 0 Å². The van der Waals surface area contributed by atoms with Crippen LogP contribution in [0.3, 0.4) is 0 Å². The molecule has 0 spiro atoms. The molecule has 0 bridgehead atoms. The molecular weight excluding hydrogens is 270 g/mol. The van der Waals surface area contributed by atoms with Crippen LogP contribution in [0.4, 0.5) is 4.79 Å². The minimum Gasteiger partial charge on any atom is -0.481 e. The maximum absolute atomic E-state index is 12.0. The Morgan fingerprint density at radius 1 is 1.38 bits per heavy atom. The van der Waals surface area contributed by atoms with E-state index in [0.29, 0.717) is 18.5 Å². The van der Waals surface area contributed by atoms with Crippen molar-refractivity contribution in [3.63, 3.8) is 0 Å². The van der Waals surface area contributed by atoms with Gasteiger partial charge >= 0.3 is 12.0 Å². The summed E-state index contributed by atoms with van der Waals surface area (Å²) < 4.78 is 0. The topological polar surface area (TPSA) is 81.7 Å². The van der Waals surface area contributed by atoms with Crippen molar-refractivity contribution in [3.05, 3.63) is 0 Å². The second kappa shape index (κ2) is 6.64. The van der Waals surface area contributed by atoms with Crippen LogP contribution in [0.15, 0.2) is 0 Å². The van der Waals surface area contributed by atoms with E-state index in [9.17, 15) is 9.59 Å². The van der Waals surface area contributed by atoms with E-state index in [4.69, 9.17) is 5.11 Å². The van der Waals surface area contributed by atoms with Crippen LogP contribution in [0.1, 0.15) is 46.0 Å². The second-order valence-electron chi connectivity index (χ2n) is 6.78. The molecule has 0 aromatic rings. The minimum atomic E-state index is -0.849. The molecular formula is C15H27N3O3. The predicted molar refractivity (Wildman–Crippen MR) is 80.2 cm³/mol. The van der Waals surface area contributed by atoms with Gasteiger partial charge in [0.15, 0.2) is 0 Å². The van der Waals surface area contributed by atoms with Gasteiger partial charge in [0.1, 0.15) is 0 Å². The summed E-state index contributed by atoms with van der Waals surface area (Å²) in [5.74, 6) is -0.353. The molecule has 0 aromatic carbocycles. The number of carboxylic acids is 1. The standard InChI is InChI=1S/C15H27N3O3/c1-11(2)18-7-4-12(10-18)9-16-14(21)17-15(5-3-6-15)8-13(19)20/h11-12H,3-10H2,1-2H3,(H,19,20)(H2,16,17,21). The molecule has 2 rings (SSSR count). The van der Waals surface area contributed by atoms with Gasteiger partial charge in [-0.3, -0.25) is 4.79 Å². The fourth-order valence-electron chi connectivity index (χ4n) is 3.26. The summed E-state index contributed by atoms with van der Waals surface area (Å²) in [4.78, 5) is 25.3. The van der Waals surface area contributed by atoms with Crippen LogP contribution < -0.4 is 10.6 Å². The Bertz CT molecular complexity index is 394. The molecule has 1 aliphatic carbocycles. The normalized spacial score (nSPS) is 24.6. The van der Waals surface area contributed by atoms with Gasteiger partial charge < -0.3 is 20.6 Å². The molecule has 2 aliphatic rings. The molecule has 3 N–H and O–H groups in total. The maximum atomic E-state index is 12.0. The largest absolute Gasteiger partial charge is 0.481 e. The van der Waals surface area contributed by atoms with Crippen LogP contribution in [0.5, 0.6) is 0 Å². The van der Waals surface area contributed by atoms with Crippen LogP contribution in [0.2, 0.25) is 0 Å². The molecule has 1 heterocycles. The first-order valence-corrected chi connectivity index (χ1v) is 7.92. The summed E-state index contributed by atoms with van der Waals surface area (Å²) in [6, 6.07) is 0.330. The molecule has 21 heavy (non-hydrogen) atoms. The SMILES string of the molecule is CC(C)N1CCC(CNC(=O)NC2(CC(=O)O)CCC2)C1. The van der Waals surface area contributed by atoms with Crippen molar-refractivity contribution in [1.82, 2.24) is 15.5 Å². The fraction of sp³-hybridized carbons (Fsp3) is 0.867. The third kappa shape index (κ3) is 4.33. The van der Waals surface area contributed by atoms with E-state index in [0.717, 1.165) is 38.8 Å². The average Bonchev–Trinajstić information content (AvgIpc) is 2.82. The highest BCUT2D eigenvalue weighted by Gasteiger charge is 2.40. The molecule has 0 radical (unpaired) electrons. The van der Waals surface area contributed by atoms with Crippen molar-refractivity contribution < 1.29 is 14.7 Å². The summed E-state index contributed by atoms with van der Waals surface area (Å²) >= 11 is 0. The quantitative estimate of drug-likeness (QED) is 0.692. The first-order chi connectivity index (χ1) is 9.90. The molecule has 1 unspecified atom stereocenters. The lowest BCUT2D eigenvalue weighted by atomic mass is 9.74. The number of nitrogens with zero attached hydrogens (tertiary/aromatic N) is 1. The van der Waals surface area contributed by atoms with Crippen LogP contribution in [0.25, 0.3) is 0 Å². The third-order valence-corrected chi connectivity index (χ3v) is 4.78. The third-order valence-electron chi connectivity index (χ3n) is 4.78. The van der Waals surface area contributed by atoms with E-state index < -0.39 is 11.5 Å². The molecule has 6 nitrogen and oxygen atoms in total. The maximum Gasteiger partial charge on any atom is 0.315 e. The van der Waals surface area contributed by atoms with Crippen LogP contribution in [0, 0.1) is 5.92 Å². The van der Waals surface area contributed by atoms with Crippen LogP contribution in [-0.4, -0.2) is 53.2 Å². The number of carbonyl (C=O) groups excluding carboxylic acids is 1. The molecule has 0 aromatic heterocycles. The molecule has 1 atom stereocenters. The number of nitrogens with one attached hydrogen (secondary N) is 2. The number of carboxylic acid groups (broad SMARTS) is 1. The molecule has 2 fully saturated rings. The Kier molecular flexibility index (Phi) is 5.08. The lowest BCUT2D eigenvalue weighted by molar-refractivity contribution is -0.139. The number of hydrogen-bond donors (Lipinski definition) is 3. The Morgan fingerprint density at radius 2 is 2.10 bits per heavy atom. The number of amides is 2. The Balaban J connectivity index is 1.71. The van der Waals surface area contributed by atoms with E-state index in [2.05, 4.69) is 29.4 Å². The summed E-state index contributed by atoms with van der Waals surface area (Å²) in [5.41, 5.74) is -0.518. The smallest absolute Gasteiger partial charge is 0.315 e. The molecule has 6 heteroatoms. The summed E-state index contributed by atoms with van der Waals surface area (Å²) in [5, 5.41) is 14.7. The second-order valence-corrected chi connectivity index (χ2v) is 6.78. The molecule has 2 amide bonds.